The summed E-state index contributed by atoms with van der Waals surface area (Å²) in [6.07, 6.45) is 0.177. The minimum Gasteiger partial charge on any atom is -0.480 e. The van der Waals surface area contributed by atoms with Crippen LogP contribution in [0.15, 0.2) is 109 Å². The van der Waals surface area contributed by atoms with Crippen LogP contribution in [-0.2, 0) is 17.8 Å². The molecule has 1 unspecified atom stereocenters. The molecule has 0 aliphatic carbocycles. The lowest BCUT2D eigenvalue weighted by Crippen LogP contribution is -2.42. The van der Waals surface area contributed by atoms with Crippen molar-refractivity contribution in [2.45, 2.75) is 25.9 Å². The Hall–Kier alpha value is -4.82. The molecule has 6 nitrogen and oxygen atoms in total. The number of benzene rings is 4. The summed E-state index contributed by atoms with van der Waals surface area (Å²) < 4.78 is 14.9. The first-order valence-corrected chi connectivity index (χ1v) is 14.0. The maximum absolute atomic E-state index is 14.9. The van der Waals surface area contributed by atoms with Gasteiger partial charge in [0, 0.05) is 22.9 Å². The number of amides is 1. The maximum Gasteiger partial charge on any atom is 0.326 e. The SMILES string of the molecule is Cc1ccc(-c2csc(N(Cc3ccc(C(=O)NC(Cc4ccccc4)C(=O)O)cc3)c3ccccc3F)n2)cc1. The number of hydrogen-bond donors (Lipinski definition) is 2. The van der Waals surface area contributed by atoms with E-state index in [1.54, 1.807) is 42.5 Å². The molecule has 1 aromatic heterocycles. The number of nitrogens with one attached hydrogen (secondary N) is 1. The average molecular weight is 566 g/mol. The van der Waals surface area contributed by atoms with Crippen molar-refractivity contribution < 1.29 is 19.1 Å². The Morgan fingerprint density at radius 3 is 2.27 bits per heavy atom. The van der Waals surface area contributed by atoms with E-state index in [9.17, 15) is 19.1 Å². The van der Waals surface area contributed by atoms with Crippen LogP contribution in [0.1, 0.15) is 27.0 Å². The Labute approximate surface area is 241 Å². The Kier molecular flexibility index (Phi) is 8.50. The molecule has 5 rings (SSSR count). The summed E-state index contributed by atoms with van der Waals surface area (Å²) in [5.74, 6) is -1.95. The number of carboxylic acids is 1. The van der Waals surface area contributed by atoms with Crippen molar-refractivity contribution in [2.24, 2.45) is 0 Å². The van der Waals surface area contributed by atoms with Crippen LogP contribution in [0.4, 0.5) is 15.2 Å². The second-order valence-corrected chi connectivity index (χ2v) is 10.5. The molecular weight excluding hydrogens is 537 g/mol. The lowest BCUT2D eigenvalue weighted by atomic mass is 10.1. The Morgan fingerprint density at radius 2 is 1.59 bits per heavy atom. The number of carbonyl (C=O) groups excluding carboxylic acids is 1. The summed E-state index contributed by atoms with van der Waals surface area (Å²) in [7, 11) is 0. The number of thiazole rings is 1. The molecular formula is C33H28FN3O3S. The van der Waals surface area contributed by atoms with Crippen LogP contribution in [0.25, 0.3) is 11.3 Å². The van der Waals surface area contributed by atoms with E-state index in [0.717, 1.165) is 27.9 Å². The molecule has 2 N–H and O–H groups in total. The van der Waals surface area contributed by atoms with E-state index < -0.39 is 17.9 Å². The van der Waals surface area contributed by atoms with Crippen molar-refractivity contribution in [1.82, 2.24) is 10.3 Å². The molecule has 8 heteroatoms. The fraction of sp³-hybridized carbons (Fsp3) is 0.121. The van der Waals surface area contributed by atoms with Gasteiger partial charge in [0.05, 0.1) is 17.9 Å². The number of carbonyl (C=O) groups is 2. The quantitative estimate of drug-likeness (QED) is 0.190. The van der Waals surface area contributed by atoms with Gasteiger partial charge >= 0.3 is 5.97 Å². The van der Waals surface area contributed by atoms with E-state index in [2.05, 4.69) is 5.32 Å². The average Bonchev–Trinajstić information content (AvgIpc) is 3.47. The molecule has 0 spiro atoms. The zero-order valence-electron chi connectivity index (χ0n) is 22.3. The molecule has 1 heterocycles. The number of aromatic nitrogens is 1. The summed E-state index contributed by atoms with van der Waals surface area (Å²) in [6, 6.07) is 29.6. The largest absolute Gasteiger partial charge is 0.480 e. The highest BCUT2D eigenvalue weighted by atomic mass is 32.1. The fourth-order valence-electron chi connectivity index (χ4n) is 4.41. The van der Waals surface area contributed by atoms with Gasteiger partial charge in [-0.1, -0.05) is 84.4 Å². The van der Waals surface area contributed by atoms with E-state index in [1.807, 2.05) is 71.8 Å². The highest BCUT2D eigenvalue weighted by Crippen LogP contribution is 2.34. The van der Waals surface area contributed by atoms with Gasteiger partial charge in [-0.05, 0) is 42.3 Å². The summed E-state index contributed by atoms with van der Waals surface area (Å²) >= 11 is 1.43. The Balaban J connectivity index is 1.35. The van der Waals surface area contributed by atoms with Gasteiger partial charge in [-0.25, -0.2) is 14.2 Å². The molecule has 0 saturated heterocycles. The molecule has 0 fully saturated rings. The van der Waals surface area contributed by atoms with Crippen molar-refractivity contribution in [1.29, 1.82) is 0 Å². The number of aliphatic carboxylic acids is 1. The summed E-state index contributed by atoms with van der Waals surface area (Å²) in [4.78, 5) is 31.3. The van der Waals surface area contributed by atoms with E-state index in [-0.39, 0.29) is 12.2 Å². The molecule has 5 aromatic rings. The van der Waals surface area contributed by atoms with Crippen molar-refractivity contribution in [2.75, 3.05) is 4.90 Å². The van der Waals surface area contributed by atoms with Crippen LogP contribution in [0.3, 0.4) is 0 Å². The first-order valence-electron chi connectivity index (χ1n) is 13.1. The number of halogens is 1. The molecule has 1 atom stereocenters. The third-order valence-electron chi connectivity index (χ3n) is 6.66. The third-order valence-corrected chi connectivity index (χ3v) is 7.52. The molecule has 0 aliphatic heterocycles. The molecule has 4 aromatic carbocycles. The number of rotatable bonds is 10. The van der Waals surface area contributed by atoms with Crippen molar-refractivity contribution in [3.8, 4) is 11.3 Å². The first-order chi connectivity index (χ1) is 19.9. The van der Waals surface area contributed by atoms with Crippen LogP contribution >= 0.6 is 11.3 Å². The molecule has 0 radical (unpaired) electrons. The summed E-state index contributed by atoms with van der Waals surface area (Å²) in [5.41, 5.74) is 5.32. The summed E-state index contributed by atoms with van der Waals surface area (Å²) in [6.45, 7) is 2.34. The van der Waals surface area contributed by atoms with Crippen LogP contribution < -0.4 is 10.2 Å². The normalized spacial score (nSPS) is 11.6. The van der Waals surface area contributed by atoms with Crippen LogP contribution in [0.2, 0.25) is 0 Å². The lowest BCUT2D eigenvalue weighted by Gasteiger charge is -2.23. The number of carboxylic acid groups (broad SMARTS) is 1. The fourth-order valence-corrected chi connectivity index (χ4v) is 5.25. The highest BCUT2D eigenvalue weighted by molar-refractivity contribution is 7.14. The monoisotopic (exact) mass is 565 g/mol. The minimum absolute atomic E-state index is 0.177. The molecule has 41 heavy (non-hydrogen) atoms. The van der Waals surface area contributed by atoms with E-state index in [4.69, 9.17) is 4.98 Å². The van der Waals surface area contributed by atoms with Gasteiger partial charge in [0.25, 0.3) is 5.91 Å². The minimum atomic E-state index is -1.10. The summed E-state index contributed by atoms with van der Waals surface area (Å²) in [5, 5.41) is 14.8. The number of hydrogen-bond acceptors (Lipinski definition) is 5. The van der Waals surface area contributed by atoms with Gasteiger partial charge in [0.2, 0.25) is 0 Å². The first kappa shape index (κ1) is 27.7. The van der Waals surface area contributed by atoms with Crippen LogP contribution in [-0.4, -0.2) is 28.0 Å². The van der Waals surface area contributed by atoms with Crippen molar-refractivity contribution in [3.63, 3.8) is 0 Å². The molecule has 206 valence electrons. The Bertz CT molecular complexity index is 1640. The molecule has 0 bridgehead atoms. The second-order valence-electron chi connectivity index (χ2n) is 9.67. The predicted molar refractivity (Wildman–Crippen MR) is 160 cm³/mol. The topological polar surface area (TPSA) is 82.5 Å². The van der Waals surface area contributed by atoms with Gasteiger partial charge in [-0.15, -0.1) is 11.3 Å². The van der Waals surface area contributed by atoms with Gasteiger partial charge < -0.3 is 15.3 Å². The highest BCUT2D eigenvalue weighted by Gasteiger charge is 2.22. The molecule has 1 amide bonds. The number of aryl methyl sites for hydroxylation is 1. The number of para-hydroxylation sites is 1. The van der Waals surface area contributed by atoms with E-state index in [0.29, 0.717) is 22.9 Å². The number of nitrogens with zero attached hydrogens (tertiary/aromatic N) is 2. The van der Waals surface area contributed by atoms with Gasteiger partial charge in [-0.2, -0.15) is 0 Å². The zero-order chi connectivity index (χ0) is 28.8. The predicted octanol–water partition coefficient (Wildman–Crippen LogP) is 7.02. The van der Waals surface area contributed by atoms with E-state index in [1.165, 1.54) is 17.4 Å². The van der Waals surface area contributed by atoms with E-state index >= 15 is 0 Å². The zero-order valence-corrected chi connectivity index (χ0v) is 23.1. The second kappa shape index (κ2) is 12.6. The van der Waals surface area contributed by atoms with Crippen molar-refractivity contribution >= 4 is 34.0 Å². The Morgan fingerprint density at radius 1 is 0.902 bits per heavy atom. The lowest BCUT2D eigenvalue weighted by molar-refractivity contribution is -0.139. The van der Waals surface area contributed by atoms with Crippen molar-refractivity contribution in [3.05, 3.63) is 137 Å². The van der Waals surface area contributed by atoms with Gasteiger partial charge in [-0.3, -0.25) is 4.79 Å². The maximum atomic E-state index is 14.9. The standard InChI is InChI=1S/C33H28FN3O3S/c1-22-11-15-25(16-12-22)29-21-41-33(36-29)37(30-10-6-5-9-27(30)34)20-24-13-17-26(18-14-24)31(38)35-28(32(39)40)19-23-7-3-2-4-8-23/h2-18,21,28H,19-20H2,1H3,(H,35,38)(H,39,40). The van der Waals surface area contributed by atoms with Crippen LogP contribution in [0.5, 0.6) is 0 Å². The van der Waals surface area contributed by atoms with Gasteiger partial charge in [0.1, 0.15) is 11.9 Å². The smallest absolute Gasteiger partial charge is 0.326 e. The number of anilines is 2. The van der Waals surface area contributed by atoms with Crippen LogP contribution in [0, 0.1) is 12.7 Å². The van der Waals surface area contributed by atoms with Gasteiger partial charge in [0.15, 0.2) is 5.13 Å². The molecule has 0 saturated carbocycles. The third kappa shape index (κ3) is 6.85. The molecule has 0 aliphatic rings.